The molecule has 0 fully saturated rings. The Balaban J connectivity index is 1.63. The van der Waals surface area contributed by atoms with Crippen LogP contribution >= 0.6 is 0 Å². The second-order valence-electron chi connectivity index (χ2n) is 5.81. The molecule has 0 aliphatic carbocycles. The molecule has 26 heavy (non-hydrogen) atoms. The van der Waals surface area contributed by atoms with Crippen LogP contribution in [0.3, 0.4) is 0 Å². The highest BCUT2D eigenvalue weighted by atomic mass is 16.3. The highest BCUT2D eigenvalue weighted by Crippen LogP contribution is 2.20. The maximum atomic E-state index is 12.5. The first-order valence-corrected chi connectivity index (χ1v) is 8.35. The van der Waals surface area contributed by atoms with Gasteiger partial charge in [0.1, 0.15) is 11.4 Å². The zero-order valence-corrected chi connectivity index (χ0v) is 14.2. The number of rotatable bonds is 5. The van der Waals surface area contributed by atoms with Crippen molar-refractivity contribution in [3.8, 4) is 11.5 Å². The molecular formula is C19H17N5O2. The molecular weight excluding hydrogens is 330 g/mol. The van der Waals surface area contributed by atoms with Gasteiger partial charge in [0.05, 0.1) is 6.26 Å². The number of aryl methyl sites for hydroxylation is 1. The van der Waals surface area contributed by atoms with Crippen LogP contribution in [0.15, 0.2) is 59.5 Å². The van der Waals surface area contributed by atoms with E-state index in [0.717, 1.165) is 17.7 Å². The van der Waals surface area contributed by atoms with E-state index in [9.17, 15) is 4.79 Å². The zero-order valence-electron chi connectivity index (χ0n) is 14.2. The number of carbonyl (C=O) groups excluding carboxylic acids is 1. The van der Waals surface area contributed by atoms with E-state index in [4.69, 9.17) is 4.42 Å². The van der Waals surface area contributed by atoms with Gasteiger partial charge in [0, 0.05) is 30.7 Å². The number of nitrogens with zero attached hydrogens (tertiary/aromatic N) is 4. The van der Waals surface area contributed by atoms with Gasteiger partial charge < -0.3 is 9.73 Å². The van der Waals surface area contributed by atoms with Crippen LogP contribution in [0.1, 0.15) is 28.7 Å². The lowest BCUT2D eigenvalue weighted by atomic mass is 10.2. The smallest absolute Gasteiger partial charge is 0.270 e. The molecule has 0 unspecified atom stereocenters. The summed E-state index contributed by atoms with van der Waals surface area (Å²) in [5.74, 6) is 0.437. The summed E-state index contributed by atoms with van der Waals surface area (Å²) in [7, 11) is 0. The summed E-state index contributed by atoms with van der Waals surface area (Å²) < 4.78 is 7.14. The van der Waals surface area contributed by atoms with Gasteiger partial charge in [-0.05, 0) is 36.2 Å². The van der Waals surface area contributed by atoms with Crippen LogP contribution in [-0.4, -0.2) is 25.5 Å². The summed E-state index contributed by atoms with van der Waals surface area (Å²) in [5, 5.41) is 7.42. The maximum absolute atomic E-state index is 12.5. The van der Waals surface area contributed by atoms with Crippen molar-refractivity contribution in [3.63, 3.8) is 0 Å². The molecule has 0 spiro atoms. The zero-order chi connectivity index (χ0) is 17.9. The Morgan fingerprint density at radius 2 is 2.19 bits per heavy atom. The van der Waals surface area contributed by atoms with Crippen molar-refractivity contribution >= 4 is 11.6 Å². The highest BCUT2D eigenvalue weighted by molar-refractivity contribution is 5.92. The summed E-state index contributed by atoms with van der Waals surface area (Å²) in [6.45, 7) is 2.41. The first-order valence-electron chi connectivity index (χ1n) is 8.35. The molecule has 0 bridgehead atoms. The summed E-state index contributed by atoms with van der Waals surface area (Å²) >= 11 is 0. The third kappa shape index (κ3) is 3.06. The predicted molar refractivity (Wildman–Crippen MR) is 95.5 cm³/mol. The van der Waals surface area contributed by atoms with Gasteiger partial charge in [-0.3, -0.25) is 9.78 Å². The molecule has 130 valence electrons. The number of pyridine rings is 1. The number of nitrogens with one attached hydrogen (secondary N) is 1. The van der Waals surface area contributed by atoms with Crippen LogP contribution in [0.4, 0.5) is 0 Å². The fourth-order valence-electron chi connectivity index (χ4n) is 2.73. The van der Waals surface area contributed by atoms with E-state index in [0.29, 0.717) is 29.3 Å². The fraction of sp³-hybridized carbons (Fsp3) is 0.158. The van der Waals surface area contributed by atoms with E-state index in [1.165, 1.54) is 0 Å². The lowest BCUT2D eigenvalue weighted by Crippen LogP contribution is -2.24. The van der Waals surface area contributed by atoms with Crippen LogP contribution in [0.5, 0.6) is 0 Å². The quantitative estimate of drug-likeness (QED) is 0.600. The van der Waals surface area contributed by atoms with Crippen molar-refractivity contribution in [2.45, 2.75) is 19.9 Å². The third-order valence-corrected chi connectivity index (χ3v) is 4.05. The minimum Gasteiger partial charge on any atom is -0.463 e. The molecule has 4 heterocycles. The van der Waals surface area contributed by atoms with Gasteiger partial charge in [0.15, 0.2) is 11.4 Å². The van der Waals surface area contributed by atoms with Crippen LogP contribution < -0.4 is 5.32 Å². The third-order valence-electron chi connectivity index (χ3n) is 4.05. The lowest BCUT2D eigenvalue weighted by Gasteiger charge is -2.07. The Morgan fingerprint density at radius 1 is 1.27 bits per heavy atom. The molecule has 0 aliphatic heterocycles. The molecule has 0 radical (unpaired) electrons. The van der Waals surface area contributed by atoms with E-state index in [1.807, 2.05) is 37.3 Å². The standard InChI is InChI=1S/C19H17N5O2/c1-2-14-9-16(19(25)21-12-13-5-3-7-20-11-13)22-18-10-15(23-24(14)18)17-6-4-8-26-17/h3-11H,2,12H2,1H3,(H,21,25). The first kappa shape index (κ1) is 16.0. The van der Waals surface area contributed by atoms with Gasteiger partial charge in [0.25, 0.3) is 5.91 Å². The second-order valence-corrected chi connectivity index (χ2v) is 5.81. The predicted octanol–water partition coefficient (Wildman–Crippen LogP) is 2.88. The number of furan rings is 1. The average Bonchev–Trinajstić information content (AvgIpc) is 3.35. The molecule has 7 nitrogen and oxygen atoms in total. The molecule has 0 aliphatic rings. The summed E-state index contributed by atoms with van der Waals surface area (Å²) in [6.07, 6.45) is 5.75. The monoisotopic (exact) mass is 347 g/mol. The van der Waals surface area contributed by atoms with Crippen LogP contribution in [0, 0.1) is 0 Å². The van der Waals surface area contributed by atoms with E-state index < -0.39 is 0 Å². The highest BCUT2D eigenvalue weighted by Gasteiger charge is 2.15. The molecule has 4 rings (SSSR count). The van der Waals surface area contributed by atoms with Gasteiger partial charge in [0.2, 0.25) is 0 Å². The molecule has 0 saturated heterocycles. The van der Waals surface area contributed by atoms with Crippen molar-refractivity contribution in [2.75, 3.05) is 0 Å². The van der Waals surface area contributed by atoms with Crippen molar-refractivity contribution < 1.29 is 9.21 Å². The molecule has 0 aromatic carbocycles. The Morgan fingerprint density at radius 3 is 2.92 bits per heavy atom. The topological polar surface area (TPSA) is 85.3 Å². The Hall–Kier alpha value is -3.48. The Kier molecular flexibility index (Phi) is 4.18. The summed E-state index contributed by atoms with van der Waals surface area (Å²) in [6, 6.07) is 11.0. The van der Waals surface area contributed by atoms with Gasteiger partial charge >= 0.3 is 0 Å². The second kappa shape index (κ2) is 6.79. The molecule has 0 atom stereocenters. The molecule has 4 aromatic heterocycles. The van der Waals surface area contributed by atoms with E-state index in [-0.39, 0.29) is 5.91 Å². The van der Waals surface area contributed by atoms with Crippen LogP contribution in [0.2, 0.25) is 0 Å². The number of fused-ring (bicyclic) bond motifs is 1. The molecule has 1 amide bonds. The number of amides is 1. The maximum Gasteiger partial charge on any atom is 0.270 e. The largest absolute Gasteiger partial charge is 0.463 e. The van der Waals surface area contributed by atoms with E-state index in [1.54, 1.807) is 29.2 Å². The fourth-order valence-corrected chi connectivity index (χ4v) is 2.73. The Bertz CT molecular complexity index is 1040. The average molecular weight is 347 g/mol. The number of hydrogen-bond donors (Lipinski definition) is 1. The van der Waals surface area contributed by atoms with Crippen molar-refractivity contribution in [3.05, 3.63) is 72.0 Å². The van der Waals surface area contributed by atoms with Gasteiger partial charge in [-0.25, -0.2) is 9.50 Å². The molecule has 0 saturated carbocycles. The minimum atomic E-state index is -0.230. The molecule has 1 N–H and O–H groups in total. The molecule has 7 heteroatoms. The van der Waals surface area contributed by atoms with Crippen molar-refractivity contribution in [1.82, 2.24) is 24.9 Å². The number of aromatic nitrogens is 4. The summed E-state index contributed by atoms with van der Waals surface area (Å²) in [4.78, 5) is 21.0. The van der Waals surface area contributed by atoms with E-state index in [2.05, 4.69) is 20.4 Å². The SMILES string of the molecule is CCc1cc(C(=O)NCc2cccnc2)nc2cc(-c3ccco3)nn12. The Labute approximate surface area is 149 Å². The first-order chi connectivity index (χ1) is 12.7. The summed E-state index contributed by atoms with van der Waals surface area (Å²) in [5.41, 5.74) is 3.50. The molecule has 4 aromatic rings. The normalized spacial score (nSPS) is 11.0. The van der Waals surface area contributed by atoms with E-state index >= 15 is 0 Å². The van der Waals surface area contributed by atoms with Crippen LogP contribution in [-0.2, 0) is 13.0 Å². The van der Waals surface area contributed by atoms with Crippen molar-refractivity contribution in [1.29, 1.82) is 0 Å². The van der Waals surface area contributed by atoms with Gasteiger partial charge in [-0.1, -0.05) is 13.0 Å². The number of hydrogen-bond acceptors (Lipinski definition) is 5. The lowest BCUT2D eigenvalue weighted by molar-refractivity contribution is 0.0946. The minimum absolute atomic E-state index is 0.230. The van der Waals surface area contributed by atoms with Gasteiger partial charge in [-0.2, -0.15) is 5.10 Å². The van der Waals surface area contributed by atoms with Crippen LogP contribution in [0.25, 0.3) is 17.1 Å². The number of carbonyl (C=O) groups is 1. The van der Waals surface area contributed by atoms with Gasteiger partial charge in [-0.15, -0.1) is 0 Å². The van der Waals surface area contributed by atoms with Crippen molar-refractivity contribution in [2.24, 2.45) is 0 Å².